The second-order valence-electron chi connectivity index (χ2n) is 6.86. The Kier molecular flexibility index (Phi) is 5.26. The third kappa shape index (κ3) is 3.72. The Morgan fingerprint density at radius 3 is 2.58 bits per heavy atom. The molecule has 0 fully saturated rings. The summed E-state index contributed by atoms with van der Waals surface area (Å²) in [5.74, 6) is 1.91. The molecule has 0 radical (unpaired) electrons. The van der Waals surface area contributed by atoms with Gasteiger partial charge >= 0.3 is 0 Å². The minimum atomic E-state index is 0.555. The molecule has 0 bridgehead atoms. The fraction of sp³-hybridized carbons (Fsp3) is 0.333. The Labute approximate surface area is 154 Å². The summed E-state index contributed by atoms with van der Waals surface area (Å²) in [6, 6.07) is 10.4. The number of hydrogen-bond acceptors (Lipinski definition) is 5. The summed E-state index contributed by atoms with van der Waals surface area (Å²) in [7, 11) is 1.63. The Bertz CT molecular complexity index is 881. The molecule has 3 aromatic rings. The number of ether oxygens (including phenoxy) is 1. The van der Waals surface area contributed by atoms with Crippen molar-refractivity contribution in [1.29, 1.82) is 0 Å². The van der Waals surface area contributed by atoms with E-state index in [1.165, 1.54) is 5.56 Å². The molecule has 5 heteroatoms. The lowest BCUT2D eigenvalue weighted by Gasteiger charge is -2.16. The van der Waals surface area contributed by atoms with E-state index < -0.39 is 0 Å². The maximum Gasteiger partial charge on any atom is 0.237 e. The van der Waals surface area contributed by atoms with Crippen LogP contribution in [0.15, 0.2) is 41.1 Å². The number of aryl methyl sites for hydroxylation is 2. The average molecular weight is 351 g/mol. The maximum atomic E-state index is 5.46. The van der Waals surface area contributed by atoms with Gasteiger partial charge in [-0.05, 0) is 43.9 Å². The predicted octanol–water partition coefficient (Wildman–Crippen LogP) is 5.30. The van der Waals surface area contributed by atoms with Crippen molar-refractivity contribution in [3.8, 4) is 17.0 Å². The molecule has 0 saturated carbocycles. The van der Waals surface area contributed by atoms with E-state index in [-0.39, 0.29) is 0 Å². The van der Waals surface area contributed by atoms with Crippen LogP contribution in [0.3, 0.4) is 0 Å². The summed E-state index contributed by atoms with van der Waals surface area (Å²) >= 11 is 0. The zero-order valence-corrected chi connectivity index (χ0v) is 16.0. The first kappa shape index (κ1) is 18.0. The van der Waals surface area contributed by atoms with Gasteiger partial charge in [0.05, 0.1) is 12.8 Å². The number of anilines is 2. The van der Waals surface area contributed by atoms with Gasteiger partial charge < -0.3 is 14.6 Å². The van der Waals surface area contributed by atoms with Crippen LogP contribution in [-0.2, 0) is 6.42 Å². The lowest BCUT2D eigenvalue weighted by atomic mass is 10.0. The van der Waals surface area contributed by atoms with Crippen molar-refractivity contribution in [2.75, 3.05) is 12.4 Å². The molecule has 2 heterocycles. The second-order valence-corrected chi connectivity index (χ2v) is 6.86. The number of nitrogens with zero attached hydrogens (tertiary/aromatic N) is 2. The molecule has 136 valence electrons. The van der Waals surface area contributed by atoms with E-state index in [1.54, 1.807) is 13.3 Å². The predicted molar refractivity (Wildman–Crippen MR) is 104 cm³/mol. The van der Waals surface area contributed by atoms with E-state index in [0.717, 1.165) is 40.4 Å². The Hall–Kier alpha value is -2.82. The van der Waals surface area contributed by atoms with Gasteiger partial charge in [-0.25, -0.2) is 4.98 Å². The first-order valence-electron chi connectivity index (χ1n) is 8.81. The van der Waals surface area contributed by atoms with Crippen molar-refractivity contribution in [2.24, 2.45) is 5.92 Å². The van der Waals surface area contributed by atoms with Crippen molar-refractivity contribution in [3.63, 3.8) is 0 Å². The number of pyridine rings is 1. The average Bonchev–Trinajstić information content (AvgIpc) is 2.95. The van der Waals surface area contributed by atoms with Gasteiger partial charge in [-0.3, -0.25) is 0 Å². The SMILES string of the molecule is COc1ncc(-c2c(C)noc2C)cc1Nc1ccccc1CC(C)C. The van der Waals surface area contributed by atoms with Crippen LogP contribution in [0.2, 0.25) is 0 Å². The van der Waals surface area contributed by atoms with Gasteiger partial charge in [0.2, 0.25) is 5.88 Å². The minimum Gasteiger partial charge on any atom is -0.480 e. The molecule has 1 N–H and O–H groups in total. The van der Waals surface area contributed by atoms with E-state index in [2.05, 4.69) is 47.5 Å². The molecular weight excluding hydrogens is 326 g/mol. The molecule has 0 aliphatic carbocycles. The van der Waals surface area contributed by atoms with Crippen LogP contribution in [-0.4, -0.2) is 17.3 Å². The summed E-state index contributed by atoms with van der Waals surface area (Å²) < 4.78 is 10.8. The number of rotatable bonds is 6. The Balaban J connectivity index is 2.01. The van der Waals surface area contributed by atoms with Gasteiger partial charge in [0.25, 0.3) is 0 Å². The van der Waals surface area contributed by atoms with Crippen LogP contribution in [0.1, 0.15) is 30.9 Å². The zero-order chi connectivity index (χ0) is 18.7. The summed E-state index contributed by atoms with van der Waals surface area (Å²) in [4.78, 5) is 4.47. The molecule has 5 nitrogen and oxygen atoms in total. The summed E-state index contributed by atoms with van der Waals surface area (Å²) in [6.45, 7) is 8.28. The molecule has 0 aliphatic rings. The van der Waals surface area contributed by atoms with Gasteiger partial charge in [-0.2, -0.15) is 0 Å². The van der Waals surface area contributed by atoms with Gasteiger partial charge in [0.15, 0.2) is 0 Å². The van der Waals surface area contributed by atoms with Gasteiger partial charge in [-0.15, -0.1) is 0 Å². The Morgan fingerprint density at radius 1 is 1.15 bits per heavy atom. The van der Waals surface area contributed by atoms with Gasteiger partial charge in [0, 0.05) is 23.0 Å². The van der Waals surface area contributed by atoms with Gasteiger partial charge in [-0.1, -0.05) is 37.2 Å². The van der Waals surface area contributed by atoms with Crippen molar-refractivity contribution in [1.82, 2.24) is 10.1 Å². The van der Waals surface area contributed by atoms with Crippen LogP contribution < -0.4 is 10.1 Å². The molecular formula is C21H25N3O2. The monoisotopic (exact) mass is 351 g/mol. The maximum absolute atomic E-state index is 5.46. The molecule has 1 aromatic carbocycles. The molecule has 0 saturated heterocycles. The molecule has 0 atom stereocenters. The number of nitrogens with one attached hydrogen (secondary N) is 1. The van der Waals surface area contributed by atoms with Gasteiger partial charge in [0.1, 0.15) is 11.4 Å². The number of methoxy groups -OCH3 is 1. The van der Waals surface area contributed by atoms with E-state index in [9.17, 15) is 0 Å². The normalized spacial score (nSPS) is 11.0. The van der Waals surface area contributed by atoms with Crippen LogP contribution in [0.25, 0.3) is 11.1 Å². The lowest BCUT2D eigenvalue weighted by Crippen LogP contribution is -2.02. The molecule has 3 rings (SSSR count). The molecule has 26 heavy (non-hydrogen) atoms. The Morgan fingerprint density at radius 2 is 1.92 bits per heavy atom. The third-order valence-electron chi connectivity index (χ3n) is 4.28. The van der Waals surface area contributed by atoms with Crippen molar-refractivity contribution >= 4 is 11.4 Å². The van der Waals surface area contributed by atoms with Crippen molar-refractivity contribution in [2.45, 2.75) is 34.1 Å². The van der Waals surface area contributed by atoms with Crippen LogP contribution in [0, 0.1) is 19.8 Å². The highest BCUT2D eigenvalue weighted by Crippen LogP contribution is 2.34. The van der Waals surface area contributed by atoms with E-state index in [4.69, 9.17) is 9.26 Å². The first-order chi connectivity index (χ1) is 12.5. The number of aromatic nitrogens is 2. The van der Waals surface area contributed by atoms with Crippen molar-refractivity contribution < 1.29 is 9.26 Å². The molecule has 0 amide bonds. The summed E-state index contributed by atoms with van der Waals surface area (Å²) in [5, 5.41) is 7.54. The fourth-order valence-corrected chi connectivity index (χ4v) is 3.14. The fourth-order valence-electron chi connectivity index (χ4n) is 3.14. The van der Waals surface area contributed by atoms with Crippen molar-refractivity contribution in [3.05, 3.63) is 53.5 Å². The first-order valence-corrected chi connectivity index (χ1v) is 8.81. The standard InChI is InChI=1S/C21H25N3O2/c1-13(2)10-16-8-6-7-9-18(16)23-19-11-17(12-22-21(19)25-5)20-14(3)24-26-15(20)4/h6-9,11-13,23H,10H2,1-5H3. The summed E-state index contributed by atoms with van der Waals surface area (Å²) in [5.41, 5.74) is 5.93. The van der Waals surface area contributed by atoms with Crippen LogP contribution >= 0.6 is 0 Å². The smallest absolute Gasteiger partial charge is 0.237 e. The van der Waals surface area contributed by atoms with Crippen LogP contribution in [0.4, 0.5) is 11.4 Å². The van der Waals surface area contributed by atoms with E-state index in [1.807, 2.05) is 26.0 Å². The van der Waals surface area contributed by atoms with Crippen LogP contribution in [0.5, 0.6) is 5.88 Å². The second kappa shape index (κ2) is 7.60. The number of hydrogen-bond donors (Lipinski definition) is 1. The third-order valence-corrected chi connectivity index (χ3v) is 4.28. The molecule has 0 aliphatic heterocycles. The minimum absolute atomic E-state index is 0.555. The lowest BCUT2D eigenvalue weighted by molar-refractivity contribution is 0.393. The quantitative estimate of drug-likeness (QED) is 0.652. The topological polar surface area (TPSA) is 60.2 Å². The number of benzene rings is 1. The molecule has 0 spiro atoms. The highest BCUT2D eigenvalue weighted by atomic mass is 16.5. The molecule has 0 unspecified atom stereocenters. The number of para-hydroxylation sites is 1. The highest BCUT2D eigenvalue weighted by Gasteiger charge is 2.15. The van der Waals surface area contributed by atoms with E-state index >= 15 is 0 Å². The summed E-state index contributed by atoms with van der Waals surface area (Å²) in [6.07, 6.45) is 2.79. The largest absolute Gasteiger partial charge is 0.480 e. The highest BCUT2D eigenvalue weighted by molar-refractivity contribution is 5.75. The van der Waals surface area contributed by atoms with E-state index in [0.29, 0.717) is 11.8 Å². The molecule has 2 aromatic heterocycles. The zero-order valence-electron chi connectivity index (χ0n) is 16.0.